The lowest BCUT2D eigenvalue weighted by Crippen LogP contribution is -2.33. The number of carbonyl (C=O) groups excluding carboxylic acids is 1. The number of aromatic hydroxyl groups is 2. The quantitative estimate of drug-likeness (QED) is 0.621. The van der Waals surface area contributed by atoms with Gasteiger partial charge in [0, 0.05) is 6.54 Å². The van der Waals surface area contributed by atoms with E-state index in [4.69, 9.17) is 0 Å². The van der Waals surface area contributed by atoms with Crippen LogP contribution >= 0.6 is 0 Å². The Balaban J connectivity index is 1.92. The predicted molar refractivity (Wildman–Crippen MR) is 70.1 cm³/mol. The van der Waals surface area contributed by atoms with Crippen LogP contribution in [-0.4, -0.2) is 33.9 Å². The third kappa shape index (κ3) is 3.61. The normalized spacial score (nSPS) is 23.0. The summed E-state index contributed by atoms with van der Waals surface area (Å²) >= 11 is 0. The van der Waals surface area contributed by atoms with Crippen molar-refractivity contribution >= 4 is 5.91 Å². The second kappa shape index (κ2) is 5.93. The van der Waals surface area contributed by atoms with Crippen molar-refractivity contribution in [1.29, 1.82) is 0 Å². The predicted octanol–water partition coefficient (Wildman–Crippen LogP) is 1.38. The largest absolute Gasteiger partial charge is 0.508 e. The van der Waals surface area contributed by atoms with Gasteiger partial charge < -0.3 is 20.6 Å². The van der Waals surface area contributed by atoms with E-state index in [1.165, 1.54) is 18.2 Å². The maximum Gasteiger partial charge on any atom is 0.255 e. The van der Waals surface area contributed by atoms with Crippen molar-refractivity contribution in [2.24, 2.45) is 5.92 Å². The van der Waals surface area contributed by atoms with Crippen LogP contribution in [0.25, 0.3) is 0 Å². The number of benzene rings is 1. The van der Waals surface area contributed by atoms with Crippen LogP contribution in [0.3, 0.4) is 0 Å². The molecular weight excluding hydrogens is 246 g/mol. The molecule has 19 heavy (non-hydrogen) atoms. The molecule has 0 aliphatic heterocycles. The van der Waals surface area contributed by atoms with Crippen LogP contribution in [0.1, 0.15) is 36.0 Å². The lowest BCUT2D eigenvalue weighted by atomic mass is 9.87. The first kappa shape index (κ1) is 13.7. The molecule has 0 spiro atoms. The molecular formula is C14H19NO4. The maximum absolute atomic E-state index is 11.9. The van der Waals surface area contributed by atoms with Crippen LogP contribution in [0.15, 0.2) is 18.2 Å². The first-order valence-electron chi connectivity index (χ1n) is 6.54. The molecule has 0 radical (unpaired) electrons. The lowest BCUT2D eigenvalue weighted by Gasteiger charge is -2.25. The van der Waals surface area contributed by atoms with Gasteiger partial charge in [0.1, 0.15) is 11.5 Å². The van der Waals surface area contributed by atoms with Crippen LogP contribution < -0.4 is 5.32 Å². The summed E-state index contributed by atoms with van der Waals surface area (Å²) in [6.45, 7) is 0.477. The van der Waals surface area contributed by atoms with E-state index in [9.17, 15) is 20.1 Å². The Morgan fingerprint density at radius 1 is 1.32 bits per heavy atom. The summed E-state index contributed by atoms with van der Waals surface area (Å²) < 4.78 is 0. The van der Waals surface area contributed by atoms with E-state index in [2.05, 4.69) is 5.32 Å². The van der Waals surface area contributed by atoms with Crippen molar-refractivity contribution < 1.29 is 20.1 Å². The van der Waals surface area contributed by atoms with E-state index in [1.807, 2.05) is 0 Å². The minimum absolute atomic E-state index is 0.0592. The molecule has 1 saturated carbocycles. The second-order valence-electron chi connectivity index (χ2n) is 5.10. The highest BCUT2D eigenvalue weighted by Crippen LogP contribution is 2.24. The monoisotopic (exact) mass is 265 g/mol. The average molecular weight is 265 g/mol. The third-order valence-corrected chi connectivity index (χ3v) is 3.53. The van der Waals surface area contributed by atoms with E-state index < -0.39 is 5.91 Å². The van der Waals surface area contributed by atoms with Gasteiger partial charge in [-0.05, 0) is 43.4 Å². The highest BCUT2D eigenvalue weighted by Gasteiger charge is 2.21. The smallest absolute Gasteiger partial charge is 0.255 e. The molecule has 2 atom stereocenters. The standard InChI is InChI=1S/C14H19NO4/c16-10-3-1-2-9(6-10)8-15-14(19)12-7-11(17)4-5-13(12)18/h4-5,7,9-10,16-18H,1-3,6,8H2,(H,15,19). The minimum Gasteiger partial charge on any atom is -0.508 e. The molecule has 0 saturated heterocycles. The summed E-state index contributed by atoms with van der Waals surface area (Å²) in [4.78, 5) is 11.9. The van der Waals surface area contributed by atoms with Gasteiger partial charge in [0.15, 0.2) is 0 Å². The Hall–Kier alpha value is -1.75. The highest BCUT2D eigenvalue weighted by atomic mass is 16.3. The van der Waals surface area contributed by atoms with E-state index in [0.29, 0.717) is 13.0 Å². The molecule has 5 nitrogen and oxygen atoms in total. The number of phenols is 2. The molecule has 104 valence electrons. The molecule has 0 aromatic heterocycles. The zero-order valence-corrected chi connectivity index (χ0v) is 10.7. The SMILES string of the molecule is O=C(NCC1CCCC(O)C1)c1cc(O)ccc1O. The topological polar surface area (TPSA) is 89.8 Å². The number of carbonyl (C=O) groups is 1. The molecule has 4 N–H and O–H groups in total. The molecule has 5 heteroatoms. The number of rotatable bonds is 3. The molecule has 1 aromatic rings. The molecule has 1 aromatic carbocycles. The van der Waals surface area contributed by atoms with Gasteiger partial charge in [-0.3, -0.25) is 4.79 Å². The summed E-state index contributed by atoms with van der Waals surface area (Å²) in [5.41, 5.74) is 0.0661. The van der Waals surface area contributed by atoms with Crippen LogP contribution in [0.2, 0.25) is 0 Å². The van der Waals surface area contributed by atoms with Crippen molar-refractivity contribution in [3.8, 4) is 11.5 Å². The van der Waals surface area contributed by atoms with Crippen molar-refractivity contribution in [3.05, 3.63) is 23.8 Å². The van der Waals surface area contributed by atoms with Gasteiger partial charge in [0.25, 0.3) is 5.91 Å². The number of amides is 1. The Kier molecular flexibility index (Phi) is 4.27. The highest BCUT2D eigenvalue weighted by molar-refractivity contribution is 5.97. The Morgan fingerprint density at radius 3 is 2.84 bits per heavy atom. The van der Waals surface area contributed by atoms with E-state index in [0.717, 1.165) is 19.3 Å². The fourth-order valence-electron chi connectivity index (χ4n) is 2.49. The van der Waals surface area contributed by atoms with Crippen LogP contribution in [0, 0.1) is 5.92 Å². The molecule has 2 rings (SSSR count). The third-order valence-electron chi connectivity index (χ3n) is 3.53. The number of aliphatic hydroxyl groups is 1. The molecule has 0 heterocycles. The molecule has 1 amide bonds. The molecule has 1 aliphatic rings. The van der Waals surface area contributed by atoms with Crippen LogP contribution in [0.5, 0.6) is 11.5 Å². The van der Waals surface area contributed by atoms with Crippen molar-refractivity contribution in [2.45, 2.75) is 31.8 Å². The minimum atomic E-state index is -0.409. The average Bonchev–Trinajstić information content (AvgIpc) is 2.39. The zero-order valence-electron chi connectivity index (χ0n) is 10.7. The van der Waals surface area contributed by atoms with Crippen molar-refractivity contribution in [2.75, 3.05) is 6.54 Å². The van der Waals surface area contributed by atoms with Gasteiger partial charge in [-0.25, -0.2) is 0 Å². The molecule has 0 bridgehead atoms. The zero-order chi connectivity index (χ0) is 13.8. The van der Waals surface area contributed by atoms with Crippen LogP contribution in [-0.2, 0) is 0 Å². The molecule has 1 aliphatic carbocycles. The van der Waals surface area contributed by atoms with Gasteiger partial charge >= 0.3 is 0 Å². The number of hydrogen-bond acceptors (Lipinski definition) is 4. The maximum atomic E-state index is 11.9. The number of aliphatic hydroxyl groups excluding tert-OH is 1. The van der Waals surface area contributed by atoms with Crippen molar-refractivity contribution in [1.82, 2.24) is 5.32 Å². The first-order valence-corrected chi connectivity index (χ1v) is 6.54. The van der Waals surface area contributed by atoms with Gasteiger partial charge in [-0.2, -0.15) is 0 Å². The Bertz CT molecular complexity index is 461. The van der Waals surface area contributed by atoms with Crippen LogP contribution in [0.4, 0.5) is 0 Å². The lowest BCUT2D eigenvalue weighted by molar-refractivity contribution is 0.0871. The van der Waals surface area contributed by atoms with Gasteiger partial charge in [-0.1, -0.05) is 6.42 Å². The summed E-state index contributed by atoms with van der Waals surface area (Å²) in [7, 11) is 0. The van der Waals surface area contributed by atoms with Gasteiger partial charge in [0.05, 0.1) is 11.7 Å². The number of nitrogens with one attached hydrogen (secondary N) is 1. The Labute approximate surface area is 111 Å². The van der Waals surface area contributed by atoms with E-state index in [-0.39, 0.29) is 29.1 Å². The summed E-state index contributed by atoms with van der Waals surface area (Å²) in [5.74, 6) is -0.351. The van der Waals surface area contributed by atoms with Crippen molar-refractivity contribution in [3.63, 3.8) is 0 Å². The summed E-state index contributed by atoms with van der Waals surface area (Å²) in [6, 6.07) is 3.85. The number of phenolic OH excluding ortho intramolecular Hbond substituents is 2. The van der Waals surface area contributed by atoms with E-state index >= 15 is 0 Å². The molecule has 1 fully saturated rings. The summed E-state index contributed by atoms with van der Waals surface area (Å²) in [6.07, 6.45) is 3.22. The fourth-order valence-corrected chi connectivity index (χ4v) is 2.49. The van der Waals surface area contributed by atoms with Gasteiger partial charge in [0.2, 0.25) is 0 Å². The summed E-state index contributed by atoms with van der Waals surface area (Å²) in [5, 5.41) is 31.2. The number of hydrogen-bond donors (Lipinski definition) is 4. The van der Waals surface area contributed by atoms with E-state index in [1.54, 1.807) is 0 Å². The first-order chi connectivity index (χ1) is 9.06. The second-order valence-corrected chi connectivity index (χ2v) is 5.10. The fraction of sp³-hybridized carbons (Fsp3) is 0.500. The molecule has 2 unspecified atom stereocenters. The Morgan fingerprint density at radius 2 is 2.11 bits per heavy atom. The van der Waals surface area contributed by atoms with Gasteiger partial charge in [-0.15, -0.1) is 0 Å².